The number of carboxylic acids is 1. The van der Waals surface area contributed by atoms with Crippen LogP contribution >= 0.6 is 11.6 Å². The highest BCUT2D eigenvalue weighted by molar-refractivity contribution is 6.30. The first-order valence-corrected chi connectivity index (χ1v) is 15.6. The van der Waals surface area contributed by atoms with Crippen LogP contribution in [0.5, 0.6) is 11.5 Å². The van der Waals surface area contributed by atoms with Crippen molar-refractivity contribution in [3.63, 3.8) is 0 Å². The Bertz CT molecular complexity index is 1660. The fraction of sp³-hybridized carbons (Fsp3) is 0.361. The minimum atomic E-state index is -0.999. The van der Waals surface area contributed by atoms with Crippen LogP contribution < -0.4 is 9.64 Å². The molecule has 43 heavy (non-hydrogen) atoms. The number of aromatic amines is 1. The summed E-state index contributed by atoms with van der Waals surface area (Å²) in [5.74, 6) is -0.0228. The summed E-state index contributed by atoms with van der Waals surface area (Å²) in [5.41, 5.74) is 6.77. The van der Waals surface area contributed by atoms with Gasteiger partial charge in [0.05, 0.1) is 0 Å². The van der Waals surface area contributed by atoms with Gasteiger partial charge in [-0.1, -0.05) is 50.1 Å². The van der Waals surface area contributed by atoms with Gasteiger partial charge in [-0.25, -0.2) is 4.79 Å². The van der Waals surface area contributed by atoms with Crippen LogP contribution in [0.4, 0.5) is 5.69 Å². The van der Waals surface area contributed by atoms with Gasteiger partial charge in [-0.15, -0.1) is 0 Å². The maximum atomic E-state index is 12.1. The minimum absolute atomic E-state index is 0.159. The molecule has 1 unspecified atom stereocenters. The molecule has 7 heteroatoms. The summed E-state index contributed by atoms with van der Waals surface area (Å²) < 4.78 is 6.20. The molecule has 0 saturated carbocycles. The molecule has 6 rings (SSSR count). The zero-order chi connectivity index (χ0) is 30.1. The van der Waals surface area contributed by atoms with E-state index in [9.17, 15) is 9.90 Å². The Morgan fingerprint density at radius 3 is 2.65 bits per heavy atom. The van der Waals surface area contributed by atoms with Crippen molar-refractivity contribution in [1.82, 2.24) is 9.88 Å². The molecular weight excluding hydrogens is 558 g/mol. The van der Waals surface area contributed by atoms with E-state index in [2.05, 4.69) is 47.7 Å². The lowest BCUT2D eigenvalue weighted by atomic mass is 9.72. The van der Waals surface area contributed by atoms with Gasteiger partial charge in [0, 0.05) is 66.1 Å². The highest BCUT2D eigenvalue weighted by Crippen LogP contribution is 2.43. The molecule has 2 aliphatic rings. The number of nitrogens with one attached hydrogen (secondary N) is 1. The molecule has 1 aromatic heterocycles. The number of carbonyl (C=O) groups is 1. The van der Waals surface area contributed by atoms with E-state index >= 15 is 0 Å². The van der Waals surface area contributed by atoms with Gasteiger partial charge in [0.1, 0.15) is 17.1 Å². The summed E-state index contributed by atoms with van der Waals surface area (Å²) in [6.45, 7) is 10.7. The van der Waals surface area contributed by atoms with Crippen LogP contribution in [0.2, 0.25) is 5.02 Å². The van der Waals surface area contributed by atoms with Crippen molar-refractivity contribution < 1.29 is 14.6 Å². The van der Waals surface area contributed by atoms with Crippen LogP contribution in [0.15, 0.2) is 78.5 Å². The van der Waals surface area contributed by atoms with Crippen LogP contribution in [0.1, 0.15) is 62.4 Å². The van der Waals surface area contributed by atoms with Gasteiger partial charge < -0.3 is 19.7 Å². The predicted molar refractivity (Wildman–Crippen MR) is 176 cm³/mol. The van der Waals surface area contributed by atoms with Crippen molar-refractivity contribution >= 4 is 39.7 Å². The number of anilines is 1. The van der Waals surface area contributed by atoms with E-state index in [1.807, 2.05) is 54.7 Å². The Balaban J connectivity index is 1.22. The average molecular weight is 598 g/mol. The van der Waals surface area contributed by atoms with Crippen LogP contribution in [-0.2, 0) is 0 Å². The number of piperazine rings is 1. The van der Waals surface area contributed by atoms with Crippen LogP contribution in [0.25, 0.3) is 16.5 Å². The normalized spacial score (nSPS) is 19.2. The molecule has 2 heterocycles. The molecule has 1 saturated heterocycles. The largest absolute Gasteiger partial charge is 0.478 e. The fourth-order valence-corrected chi connectivity index (χ4v) is 6.79. The number of aromatic nitrogens is 1. The molecule has 2 N–H and O–H groups in total. The molecule has 224 valence electrons. The molecule has 1 aliphatic carbocycles. The van der Waals surface area contributed by atoms with E-state index in [1.165, 1.54) is 17.6 Å². The maximum Gasteiger partial charge on any atom is 0.339 e. The highest BCUT2D eigenvalue weighted by Gasteiger charge is 2.31. The van der Waals surface area contributed by atoms with Crippen LogP contribution in [-0.4, -0.2) is 53.2 Å². The van der Waals surface area contributed by atoms with E-state index in [0.717, 1.165) is 67.1 Å². The Labute approximate surface area is 258 Å². The molecule has 0 radical (unpaired) electrons. The Kier molecular flexibility index (Phi) is 8.25. The van der Waals surface area contributed by atoms with E-state index < -0.39 is 5.97 Å². The summed E-state index contributed by atoms with van der Waals surface area (Å²) in [5, 5.41) is 11.7. The summed E-state index contributed by atoms with van der Waals surface area (Å²) in [4.78, 5) is 20.3. The van der Waals surface area contributed by atoms with Crippen molar-refractivity contribution in [2.75, 3.05) is 31.1 Å². The summed E-state index contributed by atoms with van der Waals surface area (Å²) in [6.07, 6.45) is 6.27. The third-order valence-corrected chi connectivity index (χ3v) is 9.36. The van der Waals surface area contributed by atoms with Crippen molar-refractivity contribution in [3.8, 4) is 11.5 Å². The lowest BCUT2D eigenvalue weighted by molar-refractivity contribution is 0.0694. The monoisotopic (exact) mass is 597 g/mol. The maximum absolute atomic E-state index is 12.1. The molecule has 1 atom stereocenters. The number of hydrogen-bond donors (Lipinski definition) is 2. The molecule has 0 amide bonds. The first-order valence-electron chi connectivity index (χ1n) is 15.3. The average Bonchev–Trinajstić information content (AvgIpc) is 3.46. The van der Waals surface area contributed by atoms with Crippen LogP contribution in [0.3, 0.4) is 0 Å². The molecule has 0 bridgehead atoms. The molecule has 3 aromatic carbocycles. The number of halogens is 1. The smallest absolute Gasteiger partial charge is 0.339 e. The Morgan fingerprint density at radius 2 is 1.88 bits per heavy atom. The first-order chi connectivity index (χ1) is 20.7. The number of ether oxygens (including phenoxy) is 1. The molecule has 1 aliphatic heterocycles. The Hall–Kier alpha value is -3.74. The van der Waals surface area contributed by atoms with Crippen molar-refractivity contribution in [3.05, 3.63) is 94.6 Å². The van der Waals surface area contributed by atoms with Crippen molar-refractivity contribution in [2.45, 2.75) is 52.5 Å². The second-order valence-corrected chi connectivity index (χ2v) is 13.2. The topological polar surface area (TPSA) is 68.8 Å². The van der Waals surface area contributed by atoms with Gasteiger partial charge in [0.2, 0.25) is 0 Å². The van der Waals surface area contributed by atoms with E-state index in [0.29, 0.717) is 23.0 Å². The lowest BCUT2D eigenvalue weighted by Crippen LogP contribution is -2.53. The predicted octanol–water partition coefficient (Wildman–Crippen LogP) is 8.88. The second-order valence-electron chi connectivity index (χ2n) is 12.7. The first kappa shape index (κ1) is 29.3. The number of aromatic carboxylic acids is 1. The minimum Gasteiger partial charge on any atom is -0.478 e. The number of rotatable bonds is 8. The van der Waals surface area contributed by atoms with Crippen molar-refractivity contribution in [1.29, 1.82) is 0 Å². The van der Waals surface area contributed by atoms with E-state index in [4.69, 9.17) is 16.3 Å². The van der Waals surface area contributed by atoms with E-state index in [1.54, 1.807) is 11.6 Å². The number of carboxylic acid groups (broad SMARTS) is 1. The molecular formula is C36H40ClN3O3. The third-order valence-electron chi connectivity index (χ3n) is 9.11. The zero-order valence-electron chi connectivity index (χ0n) is 25.2. The van der Waals surface area contributed by atoms with Crippen LogP contribution in [0, 0.1) is 5.41 Å². The van der Waals surface area contributed by atoms with Gasteiger partial charge in [-0.3, -0.25) is 4.90 Å². The van der Waals surface area contributed by atoms with E-state index in [-0.39, 0.29) is 5.56 Å². The molecule has 4 aromatic rings. The molecule has 0 spiro atoms. The SMILES string of the molecule is CCC1CN(CC2=C(c3ccc(Cl)cc3)CC(C)(C)CC2)CCN1c1ccc(C(=O)O)c(Oc2ccc3[nH]ccc3c2)c1. The zero-order valence-corrected chi connectivity index (χ0v) is 26.0. The van der Waals surface area contributed by atoms with Gasteiger partial charge in [-0.05, 0) is 90.8 Å². The number of hydrogen-bond acceptors (Lipinski definition) is 4. The second kappa shape index (κ2) is 12.1. The van der Waals surface area contributed by atoms with Gasteiger partial charge in [-0.2, -0.15) is 0 Å². The van der Waals surface area contributed by atoms with Gasteiger partial charge >= 0.3 is 5.97 Å². The van der Waals surface area contributed by atoms with Gasteiger partial charge in [0.25, 0.3) is 0 Å². The van der Waals surface area contributed by atoms with Crippen molar-refractivity contribution in [2.24, 2.45) is 5.41 Å². The molecule has 6 nitrogen and oxygen atoms in total. The number of allylic oxidation sites excluding steroid dienone is 1. The fourth-order valence-electron chi connectivity index (χ4n) is 6.66. The number of H-pyrrole nitrogens is 1. The Morgan fingerprint density at radius 1 is 1.07 bits per heavy atom. The third kappa shape index (κ3) is 6.46. The summed E-state index contributed by atoms with van der Waals surface area (Å²) in [6, 6.07) is 21.9. The quantitative estimate of drug-likeness (QED) is 0.212. The summed E-state index contributed by atoms with van der Waals surface area (Å²) in [7, 11) is 0. The lowest BCUT2D eigenvalue weighted by Gasteiger charge is -2.44. The summed E-state index contributed by atoms with van der Waals surface area (Å²) >= 11 is 6.22. The molecule has 1 fully saturated rings. The standard InChI is InChI=1S/C36H40ClN3O3/c1-4-28-23-39(22-26-13-15-36(2,3)21-32(26)24-5-7-27(37)8-6-24)17-18-40(28)29-9-11-31(35(41)42)34(20-29)43-30-10-12-33-25(19-30)14-16-38-33/h5-12,14,16,19-20,28,38H,4,13,15,17-18,21-23H2,1-3H3,(H,41,42). The highest BCUT2D eigenvalue weighted by atomic mass is 35.5. The number of fused-ring (bicyclic) bond motifs is 1. The number of benzene rings is 3. The van der Waals surface area contributed by atoms with Gasteiger partial charge in [0.15, 0.2) is 0 Å². The number of nitrogens with zero attached hydrogens (tertiary/aromatic N) is 2.